The van der Waals surface area contributed by atoms with Crippen molar-refractivity contribution in [2.24, 2.45) is 17.3 Å². The number of hydrazine groups is 1. The molecule has 6 atom stereocenters. The van der Waals surface area contributed by atoms with Crippen molar-refractivity contribution in [1.29, 1.82) is 0 Å². The van der Waals surface area contributed by atoms with E-state index in [-0.39, 0.29) is 49.9 Å². The van der Waals surface area contributed by atoms with Crippen molar-refractivity contribution in [2.75, 3.05) is 40.5 Å². The SMILES string of the molecule is CCn1c(-c2cccnc2[C@H](C)OC)c2c3cc(ccc31)-c1cc(O)cc(c1)C[C@H](NC(=O)C(C(C)C)N(C)C(=O)[C@H]1CCN3C(=O)OC[C@H]13)C(=O)N1CCC[C@H](N1)C(=O)OCC(C)(C)C2. The zero-order valence-corrected chi connectivity index (χ0v) is 39.3. The molecule has 3 fully saturated rings. The molecule has 4 aliphatic rings. The van der Waals surface area contributed by atoms with Crippen molar-refractivity contribution in [3.8, 4) is 28.1 Å². The number of aryl methyl sites for hydroxylation is 1. The van der Waals surface area contributed by atoms with Gasteiger partial charge in [-0.05, 0) is 104 Å². The summed E-state index contributed by atoms with van der Waals surface area (Å²) in [6.45, 7) is 13.5. The number of hydrogen-bond acceptors (Lipinski definition) is 11. The smallest absolute Gasteiger partial charge is 0.410 e. The molecule has 66 heavy (non-hydrogen) atoms. The number of benzene rings is 2. The summed E-state index contributed by atoms with van der Waals surface area (Å²) in [5.74, 6) is -2.68. The molecule has 16 heteroatoms. The van der Waals surface area contributed by atoms with Crippen LogP contribution in [0.2, 0.25) is 0 Å². The van der Waals surface area contributed by atoms with Gasteiger partial charge in [-0.2, -0.15) is 0 Å². The number of phenolic OH excluding ortho intramolecular Hbond substituents is 1. The van der Waals surface area contributed by atoms with Crippen LogP contribution in [0.5, 0.6) is 5.75 Å². The molecule has 4 amide bonds. The average molecular weight is 906 g/mol. The number of carbonyl (C=O) groups excluding carboxylic acids is 5. The number of fused-ring (bicyclic) bond motifs is 7. The Labute approximate surface area is 385 Å². The van der Waals surface area contributed by atoms with Crippen molar-refractivity contribution >= 4 is 40.7 Å². The first-order chi connectivity index (χ1) is 31.5. The van der Waals surface area contributed by atoms with Crippen LogP contribution in [0.25, 0.3) is 33.3 Å². The number of nitrogens with one attached hydrogen (secondary N) is 2. The quantitative estimate of drug-likeness (QED) is 0.173. The minimum atomic E-state index is -1.17. The van der Waals surface area contributed by atoms with E-state index in [9.17, 15) is 29.1 Å². The third kappa shape index (κ3) is 8.96. The lowest BCUT2D eigenvalue weighted by Gasteiger charge is -2.37. The first-order valence-corrected chi connectivity index (χ1v) is 23.2. The number of pyridine rings is 1. The van der Waals surface area contributed by atoms with Gasteiger partial charge in [0.05, 0.1) is 36.1 Å². The van der Waals surface area contributed by atoms with Gasteiger partial charge in [0.2, 0.25) is 11.8 Å². The van der Waals surface area contributed by atoms with Gasteiger partial charge in [-0.3, -0.25) is 29.2 Å². The fraction of sp³-hybridized carbons (Fsp3) is 0.520. The number of methoxy groups -OCH3 is 1. The number of aromatic nitrogens is 2. The number of phenols is 1. The largest absolute Gasteiger partial charge is 0.508 e. The van der Waals surface area contributed by atoms with E-state index in [1.54, 1.807) is 37.4 Å². The molecule has 1 unspecified atom stereocenters. The van der Waals surface area contributed by atoms with Crippen molar-refractivity contribution in [1.82, 2.24) is 35.1 Å². The zero-order chi connectivity index (χ0) is 47.2. The molecule has 0 saturated carbocycles. The topological polar surface area (TPSA) is 185 Å². The van der Waals surface area contributed by atoms with Crippen LogP contribution in [0, 0.1) is 17.3 Å². The Morgan fingerprint density at radius 1 is 1.05 bits per heavy atom. The highest BCUT2D eigenvalue weighted by Gasteiger charge is 2.49. The number of aromatic hydroxyl groups is 1. The van der Waals surface area contributed by atoms with Gasteiger partial charge in [0.1, 0.15) is 30.5 Å². The second-order valence-corrected chi connectivity index (χ2v) is 19.4. The summed E-state index contributed by atoms with van der Waals surface area (Å²) in [6.07, 6.45) is 2.97. The number of carbonyl (C=O) groups is 5. The fourth-order valence-electron chi connectivity index (χ4n) is 10.5. The third-order valence-electron chi connectivity index (χ3n) is 13.8. The van der Waals surface area contributed by atoms with Gasteiger partial charge in [0, 0.05) is 68.3 Å². The molecule has 3 N–H and O–H groups in total. The third-order valence-corrected chi connectivity index (χ3v) is 13.8. The Hall–Kier alpha value is -6.00. The first-order valence-electron chi connectivity index (χ1n) is 23.2. The van der Waals surface area contributed by atoms with Crippen molar-refractivity contribution in [3.05, 3.63) is 71.5 Å². The lowest BCUT2D eigenvalue weighted by molar-refractivity contribution is -0.155. The van der Waals surface area contributed by atoms with Crippen LogP contribution >= 0.6 is 0 Å². The van der Waals surface area contributed by atoms with Gasteiger partial charge in [0.25, 0.3) is 5.91 Å². The highest BCUT2D eigenvalue weighted by molar-refractivity contribution is 5.96. The van der Waals surface area contributed by atoms with Gasteiger partial charge < -0.3 is 39.0 Å². The summed E-state index contributed by atoms with van der Waals surface area (Å²) in [4.78, 5) is 77.3. The predicted molar refractivity (Wildman–Crippen MR) is 247 cm³/mol. The zero-order valence-electron chi connectivity index (χ0n) is 39.3. The minimum Gasteiger partial charge on any atom is -0.508 e. The molecule has 2 aromatic carbocycles. The summed E-state index contributed by atoms with van der Waals surface area (Å²) in [5, 5.41) is 16.7. The average Bonchev–Trinajstić information content (AvgIpc) is 3.98. The molecular formula is C50H63N7O9. The first kappa shape index (κ1) is 46.5. The molecule has 0 aliphatic carbocycles. The molecule has 8 rings (SSSR count). The molecule has 0 spiro atoms. The molecule has 3 saturated heterocycles. The summed E-state index contributed by atoms with van der Waals surface area (Å²) in [5.41, 5.74) is 9.52. The number of hydrogen-bond donors (Lipinski definition) is 3. The predicted octanol–water partition coefficient (Wildman–Crippen LogP) is 5.78. The summed E-state index contributed by atoms with van der Waals surface area (Å²) in [7, 11) is 3.25. The van der Waals surface area contributed by atoms with Gasteiger partial charge >= 0.3 is 12.1 Å². The van der Waals surface area contributed by atoms with Crippen LogP contribution in [0.4, 0.5) is 4.79 Å². The van der Waals surface area contributed by atoms with Crippen LogP contribution in [0.1, 0.15) is 83.7 Å². The maximum absolute atomic E-state index is 14.7. The monoisotopic (exact) mass is 905 g/mol. The Kier molecular flexibility index (Phi) is 13.2. The van der Waals surface area contributed by atoms with Crippen LogP contribution in [-0.4, -0.2) is 124 Å². The maximum Gasteiger partial charge on any atom is 0.410 e. The molecule has 6 bridgehead atoms. The minimum absolute atomic E-state index is 0.0134. The van der Waals surface area contributed by atoms with Crippen molar-refractivity contribution in [2.45, 2.75) is 110 Å². The Bertz CT molecular complexity index is 2540. The van der Waals surface area contributed by atoms with Crippen molar-refractivity contribution in [3.63, 3.8) is 0 Å². The van der Waals surface area contributed by atoms with Gasteiger partial charge in [-0.1, -0.05) is 39.8 Å². The second-order valence-electron chi connectivity index (χ2n) is 19.4. The fourth-order valence-corrected chi connectivity index (χ4v) is 10.5. The number of amides is 4. The van der Waals surface area contributed by atoms with Gasteiger partial charge in [0.15, 0.2) is 0 Å². The van der Waals surface area contributed by atoms with E-state index in [0.717, 1.165) is 39.0 Å². The highest BCUT2D eigenvalue weighted by atomic mass is 16.6. The Morgan fingerprint density at radius 3 is 2.58 bits per heavy atom. The number of nitrogens with zero attached hydrogens (tertiary/aromatic N) is 5. The van der Waals surface area contributed by atoms with Crippen LogP contribution < -0.4 is 10.7 Å². The number of esters is 1. The lowest BCUT2D eigenvalue weighted by Crippen LogP contribution is -2.62. The molecule has 352 valence electrons. The normalized spacial score (nSPS) is 23.0. The second kappa shape index (κ2) is 18.7. The summed E-state index contributed by atoms with van der Waals surface area (Å²) >= 11 is 0. The maximum atomic E-state index is 14.7. The number of likely N-dealkylation sites (N-methyl/N-ethyl adjacent to an activating group) is 1. The Balaban J connectivity index is 1.20. The van der Waals surface area contributed by atoms with Crippen LogP contribution in [-0.2, 0) is 52.8 Å². The van der Waals surface area contributed by atoms with Gasteiger partial charge in [-0.25, -0.2) is 10.2 Å². The molecular weight excluding hydrogens is 843 g/mol. The molecule has 4 aliphatic heterocycles. The van der Waals surface area contributed by atoms with Crippen LogP contribution in [0.3, 0.4) is 0 Å². The van der Waals surface area contributed by atoms with E-state index >= 15 is 0 Å². The molecule has 0 radical (unpaired) electrons. The van der Waals surface area contributed by atoms with E-state index in [2.05, 4.69) is 54.3 Å². The molecule has 2 aromatic heterocycles. The van der Waals surface area contributed by atoms with E-state index < -0.39 is 59.4 Å². The van der Waals surface area contributed by atoms with Crippen molar-refractivity contribution < 1.29 is 43.3 Å². The van der Waals surface area contributed by atoms with E-state index in [1.807, 2.05) is 39.0 Å². The molecule has 4 aromatic rings. The lowest BCUT2D eigenvalue weighted by atomic mass is 9.84. The molecule has 16 nitrogen and oxygen atoms in total. The van der Waals surface area contributed by atoms with Crippen LogP contribution in [0.15, 0.2) is 54.7 Å². The standard InChI is InChI=1S/C50H63N7O9/c1-9-55-40-15-14-31-24-36(40)37(44(55)35-12-10-17-51-42(35)29(4)64-8)25-50(5,6)27-66-48(62)38-13-11-18-57(53-38)47(61)39(22-30-20-32(31)23-33(58)21-30)52-45(59)43(28(2)3)54(7)46(60)34-16-19-56-41(34)26-65-49(56)63/h10,12,14-15,17,20-21,23-24,28-29,34,38-39,41,43,53,58H,9,11,13,16,18-19,22,25-27H2,1-8H3,(H,52,59)/t29-,34-,38-,39-,41+,43?/m0/s1. The number of ether oxygens (including phenoxy) is 3. The van der Waals surface area contributed by atoms with E-state index in [0.29, 0.717) is 49.9 Å². The number of cyclic esters (lactones) is 2. The summed E-state index contributed by atoms with van der Waals surface area (Å²) < 4.78 is 19.4. The van der Waals surface area contributed by atoms with E-state index in [1.165, 1.54) is 9.91 Å². The molecule has 6 heterocycles. The number of rotatable bonds is 9. The van der Waals surface area contributed by atoms with E-state index in [4.69, 9.17) is 19.2 Å². The Morgan fingerprint density at radius 2 is 1.83 bits per heavy atom. The highest BCUT2D eigenvalue weighted by Crippen LogP contribution is 2.42. The summed E-state index contributed by atoms with van der Waals surface area (Å²) in [6, 6.07) is 12.1. The van der Waals surface area contributed by atoms with Gasteiger partial charge in [-0.15, -0.1) is 0 Å².